The van der Waals surface area contributed by atoms with Crippen molar-refractivity contribution in [2.45, 2.75) is 6.10 Å². The predicted molar refractivity (Wildman–Crippen MR) is 70.0 cm³/mol. The van der Waals surface area contributed by atoms with Gasteiger partial charge in [-0.15, -0.1) is 10.2 Å². The number of hydrogen-bond donors (Lipinski definition) is 2. The predicted octanol–water partition coefficient (Wildman–Crippen LogP) is 0.474. The molecule has 1 unspecified atom stereocenters. The number of ether oxygens (including phenoxy) is 1. The molecule has 0 bridgehead atoms. The van der Waals surface area contributed by atoms with Crippen LogP contribution in [-0.2, 0) is 4.74 Å². The van der Waals surface area contributed by atoms with Gasteiger partial charge in [-0.1, -0.05) is 0 Å². The van der Waals surface area contributed by atoms with E-state index in [0.29, 0.717) is 11.5 Å². The molecule has 0 saturated heterocycles. The van der Waals surface area contributed by atoms with E-state index in [1.807, 2.05) is 0 Å². The van der Waals surface area contributed by atoms with Crippen molar-refractivity contribution in [1.29, 1.82) is 0 Å². The van der Waals surface area contributed by atoms with Crippen molar-refractivity contribution >= 4 is 5.91 Å². The SMILES string of the molecule is COCC(O)CNC(=O)c1ccc(-c2nnco2)cc1. The lowest BCUT2D eigenvalue weighted by atomic mass is 10.1. The van der Waals surface area contributed by atoms with E-state index >= 15 is 0 Å². The standard InChI is InChI=1S/C13H15N3O4/c1-19-7-11(17)6-14-12(18)9-2-4-10(5-3-9)13-16-15-8-20-13/h2-5,8,11,17H,6-7H2,1H3,(H,14,18). The highest BCUT2D eigenvalue weighted by Crippen LogP contribution is 2.16. The van der Waals surface area contributed by atoms with Crippen molar-refractivity contribution in [1.82, 2.24) is 15.5 Å². The minimum absolute atomic E-state index is 0.137. The summed E-state index contributed by atoms with van der Waals surface area (Å²) in [4.78, 5) is 11.8. The van der Waals surface area contributed by atoms with Crippen LogP contribution in [0.15, 0.2) is 35.1 Å². The second-order valence-corrected chi connectivity index (χ2v) is 4.14. The van der Waals surface area contributed by atoms with Gasteiger partial charge in [-0.25, -0.2) is 0 Å². The first-order chi connectivity index (χ1) is 9.70. The van der Waals surface area contributed by atoms with Crippen LogP contribution in [0.2, 0.25) is 0 Å². The number of carbonyl (C=O) groups excluding carboxylic acids is 1. The molecule has 0 spiro atoms. The first kappa shape index (κ1) is 14.2. The Kier molecular flexibility index (Phi) is 4.80. The van der Waals surface area contributed by atoms with Gasteiger partial charge < -0.3 is 19.6 Å². The number of hydrogen-bond acceptors (Lipinski definition) is 6. The van der Waals surface area contributed by atoms with Gasteiger partial charge in [0.05, 0.1) is 12.7 Å². The summed E-state index contributed by atoms with van der Waals surface area (Å²) < 4.78 is 9.83. The molecule has 1 atom stereocenters. The number of methoxy groups -OCH3 is 1. The molecule has 0 aliphatic heterocycles. The zero-order valence-corrected chi connectivity index (χ0v) is 10.9. The third kappa shape index (κ3) is 3.62. The van der Waals surface area contributed by atoms with Gasteiger partial charge in [0.25, 0.3) is 5.91 Å². The average Bonchev–Trinajstić information content (AvgIpc) is 2.99. The van der Waals surface area contributed by atoms with Crippen LogP contribution < -0.4 is 5.32 Å². The number of nitrogens with zero attached hydrogens (tertiary/aromatic N) is 2. The lowest BCUT2D eigenvalue weighted by molar-refractivity contribution is 0.0610. The average molecular weight is 277 g/mol. The first-order valence-corrected chi connectivity index (χ1v) is 6.02. The molecule has 0 saturated carbocycles. The summed E-state index contributed by atoms with van der Waals surface area (Å²) in [5, 5.41) is 19.4. The van der Waals surface area contributed by atoms with Crippen LogP contribution >= 0.6 is 0 Å². The van der Waals surface area contributed by atoms with Crippen LogP contribution in [0.5, 0.6) is 0 Å². The molecule has 1 heterocycles. The molecule has 1 aromatic heterocycles. The maximum absolute atomic E-state index is 11.8. The Morgan fingerprint density at radius 1 is 1.45 bits per heavy atom. The molecule has 0 radical (unpaired) electrons. The fourth-order valence-corrected chi connectivity index (χ4v) is 1.63. The van der Waals surface area contributed by atoms with Crippen LogP contribution in [0.4, 0.5) is 0 Å². The highest BCUT2D eigenvalue weighted by Gasteiger charge is 2.10. The fraction of sp³-hybridized carbons (Fsp3) is 0.308. The van der Waals surface area contributed by atoms with Crippen molar-refractivity contribution in [3.05, 3.63) is 36.2 Å². The Morgan fingerprint density at radius 2 is 2.20 bits per heavy atom. The van der Waals surface area contributed by atoms with Crippen LogP contribution in [0.25, 0.3) is 11.5 Å². The van der Waals surface area contributed by atoms with Gasteiger partial charge in [0.2, 0.25) is 12.3 Å². The summed E-state index contributed by atoms with van der Waals surface area (Å²) in [5.74, 6) is 0.129. The molecule has 106 valence electrons. The zero-order valence-electron chi connectivity index (χ0n) is 10.9. The number of benzene rings is 1. The van der Waals surface area contributed by atoms with Gasteiger partial charge in [-0.05, 0) is 24.3 Å². The van der Waals surface area contributed by atoms with Gasteiger partial charge in [0.15, 0.2) is 0 Å². The van der Waals surface area contributed by atoms with E-state index in [-0.39, 0.29) is 19.1 Å². The van der Waals surface area contributed by atoms with E-state index in [4.69, 9.17) is 9.15 Å². The monoisotopic (exact) mass is 277 g/mol. The smallest absolute Gasteiger partial charge is 0.251 e. The summed E-state index contributed by atoms with van der Waals surface area (Å²) in [6.07, 6.45) is 0.522. The molecule has 1 amide bonds. The highest BCUT2D eigenvalue weighted by molar-refractivity contribution is 5.94. The highest BCUT2D eigenvalue weighted by atomic mass is 16.5. The Hall–Kier alpha value is -2.25. The van der Waals surface area contributed by atoms with Crippen molar-refractivity contribution in [2.75, 3.05) is 20.3 Å². The second-order valence-electron chi connectivity index (χ2n) is 4.14. The van der Waals surface area contributed by atoms with Gasteiger partial charge in [-0.2, -0.15) is 0 Å². The maximum Gasteiger partial charge on any atom is 0.251 e. The van der Waals surface area contributed by atoms with Crippen molar-refractivity contribution in [3.8, 4) is 11.5 Å². The van der Waals surface area contributed by atoms with E-state index in [1.165, 1.54) is 13.5 Å². The Morgan fingerprint density at radius 3 is 2.80 bits per heavy atom. The molecule has 2 rings (SSSR count). The van der Waals surface area contributed by atoms with Gasteiger partial charge in [-0.3, -0.25) is 4.79 Å². The molecule has 0 fully saturated rings. The normalized spacial score (nSPS) is 12.1. The van der Waals surface area contributed by atoms with Crippen LogP contribution in [0.1, 0.15) is 10.4 Å². The van der Waals surface area contributed by atoms with Gasteiger partial charge >= 0.3 is 0 Å². The van der Waals surface area contributed by atoms with Crippen molar-refractivity contribution < 1.29 is 19.1 Å². The Bertz CT molecular complexity index is 539. The summed E-state index contributed by atoms with van der Waals surface area (Å²) >= 11 is 0. The number of nitrogens with one attached hydrogen (secondary N) is 1. The molecule has 20 heavy (non-hydrogen) atoms. The molecular formula is C13H15N3O4. The Labute approximate surface area is 115 Å². The summed E-state index contributed by atoms with van der Waals surface area (Å²) in [7, 11) is 1.49. The number of carbonyl (C=O) groups is 1. The lowest BCUT2D eigenvalue weighted by Crippen LogP contribution is -2.34. The maximum atomic E-state index is 11.8. The zero-order chi connectivity index (χ0) is 14.4. The summed E-state index contributed by atoms with van der Waals surface area (Å²) in [6.45, 7) is 0.314. The van der Waals surface area contributed by atoms with E-state index in [1.54, 1.807) is 24.3 Å². The third-order valence-electron chi connectivity index (χ3n) is 2.61. The second kappa shape index (κ2) is 6.78. The summed E-state index contributed by atoms with van der Waals surface area (Å²) in [6, 6.07) is 6.73. The molecular weight excluding hydrogens is 262 g/mol. The molecule has 2 aromatic rings. The van der Waals surface area contributed by atoms with Gasteiger partial charge in [0.1, 0.15) is 0 Å². The fourth-order valence-electron chi connectivity index (χ4n) is 1.63. The first-order valence-electron chi connectivity index (χ1n) is 6.02. The molecule has 7 nitrogen and oxygen atoms in total. The topological polar surface area (TPSA) is 97.5 Å². The number of aromatic nitrogens is 2. The van der Waals surface area contributed by atoms with Crippen molar-refractivity contribution in [3.63, 3.8) is 0 Å². The van der Waals surface area contributed by atoms with Crippen LogP contribution in [-0.4, -0.2) is 47.6 Å². The van der Waals surface area contributed by atoms with Crippen molar-refractivity contribution in [2.24, 2.45) is 0 Å². The van der Waals surface area contributed by atoms with Crippen LogP contribution in [0.3, 0.4) is 0 Å². The van der Waals surface area contributed by atoms with E-state index in [9.17, 15) is 9.90 Å². The number of rotatable bonds is 6. The lowest BCUT2D eigenvalue weighted by Gasteiger charge is -2.10. The molecule has 1 aromatic carbocycles. The molecule has 0 aliphatic rings. The molecule has 2 N–H and O–H groups in total. The van der Waals surface area contributed by atoms with E-state index in [2.05, 4.69) is 15.5 Å². The largest absolute Gasteiger partial charge is 0.423 e. The van der Waals surface area contributed by atoms with E-state index in [0.717, 1.165) is 5.56 Å². The van der Waals surface area contributed by atoms with Crippen LogP contribution in [0, 0.1) is 0 Å². The summed E-state index contributed by atoms with van der Waals surface area (Å²) in [5.41, 5.74) is 1.22. The minimum Gasteiger partial charge on any atom is -0.423 e. The van der Waals surface area contributed by atoms with E-state index < -0.39 is 6.10 Å². The quantitative estimate of drug-likeness (QED) is 0.796. The van der Waals surface area contributed by atoms with Gasteiger partial charge in [0, 0.05) is 24.8 Å². The minimum atomic E-state index is -0.721. The Balaban J connectivity index is 1.94. The number of aliphatic hydroxyl groups is 1. The number of aliphatic hydroxyl groups excluding tert-OH is 1. The molecule has 7 heteroatoms. The third-order valence-corrected chi connectivity index (χ3v) is 2.61. The molecule has 0 aliphatic carbocycles. The number of amides is 1.